The monoisotopic (exact) mass is 192 g/mol. The second-order valence-corrected chi connectivity index (χ2v) is 3.12. The van der Waals surface area contributed by atoms with Crippen molar-refractivity contribution in [2.75, 3.05) is 0 Å². The van der Waals surface area contributed by atoms with E-state index in [1.165, 1.54) is 0 Å². The molecular formula is C11H12O3. The van der Waals surface area contributed by atoms with Crippen LogP contribution in [-0.2, 0) is 9.59 Å². The number of allylic oxidation sites excluding steroid dienone is 2. The van der Waals surface area contributed by atoms with E-state index in [-0.39, 0.29) is 12.2 Å². The molecule has 0 radical (unpaired) electrons. The summed E-state index contributed by atoms with van der Waals surface area (Å²) in [5.41, 5.74) is 0.785. The summed E-state index contributed by atoms with van der Waals surface area (Å²) >= 11 is 0. The molecule has 0 aliphatic heterocycles. The van der Waals surface area contributed by atoms with Crippen molar-refractivity contribution in [1.29, 1.82) is 0 Å². The van der Waals surface area contributed by atoms with Crippen molar-refractivity contribution in [3.8, 4) is 11.8 Å². The van der Waals surface area contributed by atoms with Gasteiger partial charge in [0.1, 0.15) is 0 Å². The zero-order valence-corrected chi connectivity index (χ0v) is 7.88. The second-order valence-electron chi connectivity index (χ2n) is 3.12. The highest BCUT2D eigenvalue weighted by Crippen LogP contribution is 2.15. The number of carboxylic acids is 1. The molecule has 0 saturated heterocycles. The largest absolute Gasteiger partial charge is 0.481 e. The quantitative estimate of drug-likeness (QED) is 0.690. The Labute approximate surface area is 82.8 Å². The maximum Gasteiger partial charge on any atom is 0.304 e. The van der Waals surface area contributed by atoms with E-state index in [4.69, 9.17) is 5.11 Å². The molecule has 1 N–H and O–H groups in total. The van der Waals surface area contributed by atoms with Gasteiger partial charge in [-0.3, -0.25) is 9.59 Å². The molecule has 0 fully saturated rings. The molecule has 1 rings (SSSR count). The van der Waals surface area contributed by atoms with Crippen LogP contribution in [0.15, 0.2) is 11.6 Å². The van der Waals surface area contributed by atoms with Crippen LogP contribution < -0.4 is 0 Å². The number of aliphatic carboxylic acids is 1. The molecular weight excluding hydrogens is 180 g/mol. The molecule has 0 spiro atoms. The van der Waals surface area contributed by atoms with Crippen molar-refractivity contribution in [3.63, 3.8) is 0 Å². The van der Waals surface area contributed by atoms with E-state index in [9.17, 15) is 9.59 Å². The summed E-state index contributed by atoms with van der Waals surface area (Å²) in [7, 11) is 0. The Bertz CT molecular complexity index is 328. The molecule has 0 aromatic carbocycles. The van der Waals surface area contributed by atoms with Crippen molar-refractivity contribution in [1.82, 2.24) is 0 Å². The molecule has 0 bridgehead atoms. The van der Waals surface area contributed by atoms with Crippen molar-refractivity contribution in [2.24, 2.45) is 0 Å². The van der Waals surface area contributed by atoms with Crippen molar-refractivity contribution in [2.45, 2.75) is 32.1 Å². The third kappa shape index (κ3) is 3.44. The van der Waals surface area contributed by atoms with Crippen LogP contribution >= 0.6 is 0 Å². The number of carbonyl (C=O) groups excluding carboxylic acids is 1. The number of carboxylic acid groups (broad SMARTS) is 1. The molecule has 0 aromatic rings. The Morgan fingerprint density at radius 2 is 2.29 bits per heavy atom. The molecule has 0 saturated carbocycles. The predicted molar refractivity (Wildman–Crippen MR) is 51.6 cm³/mol. The minimum atomic E-state index is -0.838. The first-order chi connectivity index (χ1) is 6.70. The first-order valence-corrected chi connectivity index (χ1v) is 4.60. The van der Waals surface area contributed by atoms with Crippen LogP contribution in [0.4, 0.5) is 0 Å². The van der Waals surface area contributed by atoms with E-state index in [0.29, 0.717) is 19.3 Å². The zero-order valence-electron chi connectivity index (χ0n) is 7.88. The number of ketones is 1. The standard InChI is InChI=1S/C11H12O3/c12-10-7-4-6-9(10)5-2-1-3-8-11(13)14/h6H,3-5,7-8H2,(H,13,14). The lowest BCUT2D eigenvalue weighted by Crippen LogP contribution is -1.94. The van der Waals surface area contributed by atoms with Gasteiger partial charge in [0, 0.05) is 24.8 Å². The average molecular weight is 192 g/mol. The topological polar surface area (TPSA) is 54.4 Å². The number of carbonyl (C=O) groups is 2. The summed E-state index contributed by atoms with van der Waals surface area (Å²) < 4.78 is 0. The van der Waals surface area contributed by atoms with Gasteiger partial charge in [0.2, 0.25) is 0 Å². The molecule has 0 unspecified atom stereocenters. The van der Waals surface area contributed by atoms with Gasteiger partial charge in [-0.25, -0.2) is 0 Å². The Morgan fingerprint density at radius 3 is 2.86 bits per heavy atom. The fourth-order valence-electron chi connectivity index (χ4n) is 1.24. The third-order valence-electron chi connectivity index (χ3n) is 1.99. The normalized spacial score (nSPS) is 14.6. The van der Waals surface area contributed by atoms with Crippen LogP contribution in [0.5, 0.6) is 0 Å². The molecule has 1 aliphatic carbocycles. The molecule has 0 amide bonds. The first kappa shape index (κ1) is 10.5. The van der Waals surface area contributed by atoms with Gasteiger partial charge in [-0.2, -0.15) is 0 Å². The molecule has 3 nitrogen and oxygen atoms in total. The lowest BCUT2D eigenvalue weighted by molar-refractivity contribution is -0.136. The van der Waals surface area contributed by atoms with Gasteiger partial charge < -0.3 is 5.11 Å². The van der Waals surface area contributed by atoms with Crippen molar-refractivity contribution >= 4 is 11.8 Å². The summed E-state index contributed by atoms with van der Waals surface area (Å²) in [5, 5.41) is 8.33. The van der Waals surface area contributed by atoms with E-state index in [1.54, 1.807) is 0 Å². The van der Waals surface area contributed by atoms with Gasteiger partial charge in [-0.05, 0) is 6.42 Å². The van der Waals surface area contributed by atoms with Gasteiger partial charge >= 0.3 is 5.97 Å². The summed E-state index contributed by atoms with van der Waals surface area (Å²) in [4.78, 5) is 21.3. The maximum absolute atomic E-state index is 11.1. The van der Waals surface area contributed by atoms with E-state index < -0.39 is 5.97 Å². The minimum Gasteiger partial charge on any atom is -0.481 e. The molecule has 14 heavy (non-hydrogen) atoms. The highest BCUT2D eigenvalue weighted by Gasteiger charge is 2.12. The molecule has 74 valence electrons. The maximum atomic E-state index is 11.1. The summed E-state index contributed by atoms with van der Waals surface area (Å²) in [6.07, 6.45) is 4.24. The van der Waals surface area contributed by atoms with E-state index >= 15 is 0 Å². The van der Waals surface area contributed by atoms with Crippen molar-refractivity contribution in [3.05, 3.63) is 11.6 Å². The average Bonchev–Trinajstić information content (AvgIpc) is 2.51. The molecule has 0 aromatic heterocycles. The highest BCUT2D eigenvalue weighted by atomic mass is 16.4. The van der Waals surface area contributed by atoms with Gasteiger partial charge in [0.25, 0.3) is 0 Å². The molecule has 1 aliphatic rings. The number of hydrogen-bond acceptors (Lipinski definition) is 2. The predicted octanol–water partition coefficient (Wildman–Crippen LogP) is 1.53. The summed E-state index contributed by atoms with van der Waals surface area (Å²) in [5.74, 6) is 4.89. The third-order valence-corrected chi connectivity index (χ3v) is 1.99. The van der Waals surface area contributed by atoms with Gasteiger partial charge in [0.05, 0.1) is 6.42 Å². The van der Waals surface area contributed by atoms with Crippen molar-refractivity contribution < 1.29 is 14.7 Å². The zero-order chi connectivity index (χ0) is 10.4. The van der Waals surface area contributed by atoms with Crippen LogP contribution in [0.25, 0.3) is 0 Å². The van der Waals surface area contributed by atoms with E-state index in [1.807, 2.05) is 6.08 Å². The summed E-state index contributed by atoms with van der Waals surface area (Å²) in [6, 6.07) is 0. The number of rotatable bonds is 3. The lowest BCUT2D eigenvalue weighted by atomic mass is 10.1. The number of hydrogen-bond donors (Lipinski definition) is 1. The van der Waals surface area contributed by atoms with Crippen LogP contribution in [-0.4, -0.2) is 16.9 Å². The van der Waals surface area contributed by atoms with Crippen LogP contribution in [0.3, 0.4) is 0 Å². The van der Waals surface area contributed by atoms with Crippen LogP contribution in [0.2, 0.25) is 0 Å². The Morgan fingerprint density at radius 1 is 1.50 bits per heavy atom. The number of Topliss-reactive ketones (excluding diaryl/α,β-unsaturated/α-hetero) is 1. The van der Waals surface area contributed by atoms with Gasteiger partial charge in [-0.15, -0.1) is 5.92 Å². The smallest absolute Gasteiger partial charge is 0.304 e. The summed E-state index contributed by atoms with van der Waals surface area (Å²) in [6.45, 7) is 0. The van der Waals surface area contributed by atoms with E-state index in [0.717, 1.165) is 12.0 Å². The Balaban J connectivity index is 2.25. The molecule has 0 atom stereocenters. The highest BCUT2D eigenvalue weighted by molar-refractivity contribution is 5.97. The van der Waals surface area contributed by atoms with Crippen LogP contribution in [0, 0.1) is 11.8 Å². The fourth-order valence-corrected chi connectivity index (χ4v) is 1.24. The molecule has 3 heteroatoms. The fraction of sp³-hybridized carbons (Fsp3) is 0.455. The Hall–Kier alpha value is -1.56. The second kappa shape index (κ2) is 5.23. The lowest BCUT2D eigenvalue weighted by Gasteiger charge is -1.90. The van der Waals surface area contributed by atoms with E-state index in [2.05, 4.69) is 11.8 Å². The van der Waals surface area contributed by atoms with Crippen LogP contribution in [0.1, 0.15) is 32.1 Å². The molecule has 0 heterocycles. The SMILES string of the molecule is O=C(O)CCC#CCC1=CCCC1=O. The minimum absolute atomic E-state index is 0.0694. The van der Waals surface area contributed by atoms with Gasteiger partial charge in [0.15, 0.2) is 5.78 Å². The van der Waals surface area contributed by atoms with Gasteiger partial charge in [-0.1, -0.05) is 12.0 Å². The Kier molecular flexibility index (Phi) is 3.93. The first-order valence-electron chi connectivity index (χ1n) is 4.60.